The lowest BCUT2D eigenvalue weighted by Crippen LogP contribution is -2.15. The molecular formula is C24H32ClNO2. The van der Waals surface area contributed by atoms with Crippen LogP contribution in [0.4, 0.5) is 0 Å². The molecule has 2 aromatic carbocycles. The maximum Gasteiger partial charge on any atom is 0.161 e. The molecule has 0 unspecified atom stereocenters. The van der Waals surface area contributed by atoms with Crippen LogP contribution >= 0.6 is 12.4 Å². The van der Waals surface area contributed by atoms with Gasteiger partial charge < -0.3 is 14.8 Å². The van der Waals surface area contributed by atoms with Crippen LogP contribution in [0.1, 0.15) is 50.2 Å². The molecule has 1 aliphatic rings. The number of ether oxygens (including phenoxy) is 2. The Morgan fingerprint density at radius 3 is 2.54 bits per heavy atom. The van der Waals surface area contributed by atoms with Crippen molar-refractivity contribution in [3.8, 4) is 11.5 Å². The van der Waals surface area contributed by atoms with Crippen LogP contribution in [-0.4, -0.2) is 13.2 Å². The average Bonchev–Trinajstić information content (AvgIpc) is 2.72. The highest BCUT2D eigenvalue weighted by molar-refractivity contribution is 5.85. The molecule has 0 saturated carbocycles. The Morgan fingerprint density at radius 2 is 1.79 bits per heavy atom. The third-order valence-corrected chi connectivity index (χ3v) is 4.88. The van der Waals surface area contributed by atoms with Gasteiger partial charge in [0.2, 0.25) is 0 Å². The fraction of sp³-hybridized carbons (Fsp3) is 0.417. The summed E-state index contributed by atoms with van der Waals surface area (Å²) in [5.74, 6) is 1.62. The van der Waals surface area contributed by atoms with Crippen LogP contribution < -0.4 is 14.8 Å². The van der Waals surface area contributed by atoms with Crippen molar-refractivity contribution in [3.05, 3.63) is 71.3 Å². The van der Waals surface area contributed by atoms with Gasteiger partial charge in [-0.2, -0.15) is 0 Å². The Balaban J connectivity index is 0.00000280. The summed E-state index contributed by atoms with van der Waals surface area (Å²) in [4.78, 5) is 0. The van der Waals surface area contributed by atoms with Gasteiger partial charge in [0.05, 0.1) is 6.61 Å². The van der Waals surface area contributed by atoms with Crippen molar-refractivity contribution in [2.75, 3.05) is 13.2 Å². The lowest BCUT2D eigenvalue weighted by Gasteiger charge is -2.15. The Bertz CT molecular complexity index is 731. The van der Waals surface area contributed by atoms with Crippen molar-refractivity contribution in [3.63, 3.8) is 0 Å². The average molecular weight is 402 g/mol. The first-order valence-corrected chi connectivity index (χ1v) is 10.2. The number of halogens is 1. The Labute approximate surface area is 175 Å². The summed E-state index contributed by atoms with van der Waals surface area (Å²) in [7, 11) is 0. The largest absolute Gasteiger partial charge is 0.490 e. The van der Waals surface area contributed by atoms with Crippen LogP contribution in [0.15, 0.2) is 60.2 Å². The van der Waals surface area contributed by atoms with E-state index >= 15 is 0 Å². The highest BCUT2D eigenvalue weighted by Crippen LogP contribution is 2.29. The zero-order valence-electron chi connectivity index (χ0n) is 16.8. The lowest BCUT2D eigenvalue weighted by atomic mass is 9.97. The van der Waals surface area contributed by atoms with E-state index < -0.39 is 0 Å². The van der Waals surface area contributed by atoms with Gasteiger partial charge in [-0.1, -0.05) is 48.0 Å². The topological polar surface area (TPSA) is 30.5 Å². The van der Waals surface area contributed by atoms with Gasteiger partial charge in [0.15, 0.2) is 11.5 Å². The summed E-state index contributed by atoms with van der Waals surface area (Å²) in [6.07, 6.45) is 8.85. The van der Waals surface area contributed by atoms with E-state index in [0.717, 1.165) is 36.6 Å². The molecule has 152 valence electrons. The number of nitrogens with one attached hydrogen (secondary N) is 1. The maximum absolute atomic E-state index is 5.98. The summed E-state index contributed by atoms with van der Waals surface area (Å²) in [5.41, 5.74) is 4.00. The van der Waals surface area contributed by atoms with E-state index in [1.807, 2.05) is 31.2 Å². The second-order valence-electron chi connectivity index (χ2n) is 7.02. The Morgan fingerprint density at radius 1 is 0.929 bits per heavy atom. The molecule has 0 aliphatic heterocycles. The van der Waals surface area contributed by atoms with Crippen LogP contribution in [0.3, 0.4) is 0 Å². The van der Waals surface area contributed by atoms with Gasteiger partial charge in [-0.25, -0.2) is 0 Å². The molecule has 3 nitrogen and oxygen atoms in total. The first kappa shape index (κ1) is 22.3. The van der Waals surface area contributed by atoms with Gasteiger partial charge in [0.25, 0.3) is 0 Å². The first-order chi connectivity index (χ1) is 13.3. The van der Waals surface area contributed by atoms with Crippen molar-refractivity contribution in [1.29, 1.82) is 0 Å². The zero-order chi connectivity index (χ0) is 18.7. The summed E-state index contributed by atoms with van der Waals surface area (Å²) in [5, 5.41) is 3.56. The van der Waals surface area contributed by atoms with Crippen molar-refractivity contribution >= 4 is 12.4 Å². The van der Waals surface area contributed by atoms with Crippen LogP contribution in [0.2, 0.25) is 0 Å². The number of hydrogen-bond donors (Lipinski definition) is 1. The van der Waals surface area contributed by atoms with E-state index in [0.29, 0.717) is 13.2 Å². The maximum atomic E-state index is 5.98. The second kappa shape index (κ2) is 12.5. The summed E-state index contributed by atoms with van der Waals surface area (Å²) in [6, 6.07) is 16.4. The summed E-state index contributed by atoms with van der Waals surface area (Å²) >= 11 is 0. The molecule has 0 atom stereocenters. The first-order valence-electron chi connectivity index (χ1n) is 10.2. The van der Waals surface area contributed by atoms with Crippen molar-refractivity contribution in [2.24, 2.45) is 0 Å². The quantitative estimate of drug-likeness (QED) is 0.387. The SMILES string of the molecule is CCOc1cc(CNCCC2=CCCCC2)ccc1OCc1ccccc1.Cl. The third kappa shape index (κ3) is 7.21. The minimum absolute atomic E-state index is 0. The van der Waals surface area contributed by atoms with Gasteiger partial charge in [-0.15, -0.1) is 12.4 Å². The fourth-order valence-electron chi connectivity index (χ4n) is 3.40. The third-order valence-electron chi connectivity index (χ3n) is 4.88. The summed E-state index contributed by atoms with van der Waals surface area (Å²) < 4.78 is 11.8. The molecule has 0 heterocycles. The predicted octanol–water partition coefficient (Wildman–Crippen LogP) is 6.07. The number of benzene rings is 2. The molecule has 0 radical (unpaired) electrons. The normalized spacial score (nSPS) is 13.4. The molecule has 0 aromatic heterocycles. The van der Waals surface area contributed by atoms with E-state index in [4.69, 9.17) is 9.47 Å². The van der Waals surface area contributed by atoms with E-state index in [1.165, 1.54) is 31.2 Å². The van der Waals surface area contributed by atoms with Crippen molar-refractivity contribution < 1.29 is 9.47 Å². The van der Waals surface area contributed by atoms with Gasteiger partial charge in [-0.3, -0.25) is 0 Å². The van der Waals surface area contributed by atoms with Gasteiger partial charge in [0.1, 0.15) is 6.61 Å². The van der Waals surface area contributed by atoms with Crippen LogP contribution in [-0.2, 0) is 13.2 Å². The molecule has 4 heteroatoms. The van der Waals surface area contributed by atoms with E-state index in [2.05, 4.69) is 35.7 Å². The predicted molar refractivity (Wildman–Crippen MR) is 119 cm³/mol. The van der Waals surface area contributed by atoms with Crippen LogP contribution in [0, 0.1) is 0 Å². The number of rotatable bonds is 10. The molecule has 0 bridgehead atoms. The van der Waals surface area contributed by atoms with Crippen LogP contribution in [0.25, 0.3) is 0 Å². The zero-order valence-corrected chi connectivity index (χ0v) is 17.6. The molecule has 0 spiro atoms. The van der Waals surface area contributed by atoms with E-state index in [-0.39, 0.29) is 12.4 Å². The van der Waals surface area contributed by atoms with Crippen molar-refractivity contribution in [2.45, 2.75) is 52.2 Å². The molecule has 28 heavy (non-hydrogen) atoms. The molecule has 1 N–H and O–H groups in total. The molecule has 0 fully saturated rings. The standard InChI is InChI=1S/C24H31NO2.ClH/c1-2-26-24-17-22(18-25-16-15-20-9-5-3-6-10-20)13-14-23(24)27-19-21-11-7-4-8-12-21;/h4,7-9,11-14,17,25H,2-3,5-6,10,15-16,18-19H2,1H3;1H. The monoisotopic (exact) mass is 401 g/mol. The van der Waals surface area contributed by atoms with Gasteiger partial charge in [0, 0.05) is 6.54 Å². The highest BCUT2D eigenvalue weighted by Gasteiger charge is 2.08. The fourth-order valence-corrected chi connectivity index (χ4v) is 3.40. The summed E-state index contributed by atoms with van der Waals surface area (Å²) in [6.45, 7) is 5.07. The second-order valence-corrected chi connectivity index (χ2v) is 7.02. The van der Waals surface area contributed by atoms with E-state index in [9.17, 15) is 0 Å². The minimum atomic E-state index is 0. The highest BCUT2D eigenvalue weighted by atomic mass is 35.5. The van der Waals surface area contributed by atoms with Gasteiger partial charge >= 0.3 is 0 Å². The molecule has 2 aromatic rings. The molecule has 0 saturated heterocycles. The molecule has 1 aliphatic carbocycles. The smallest absolute Gasteiger partial charge is 0.161 e. The molecular weight excluding hydrogens is 370 g/mol. The Kier molecular flexibility index (Phi) is 9.95. The minimum Gasteiger partial charge on any atom is -0.490 e. The van der Waals surface area contributed by atoms with Gasteiger partial charge in [-0.05, 0) is 68.8 Å². The molecule has 0 amide bonds. The molecule has 3 rings (SSSR count). The Hall–Kier alpha value is -1.97. The van der Waals surface area contributed by atoms with Crippen molar-refractivity contribution in [1.82, 2.24) is 5.32 Å². The number of hydrogen-bond acceptors (Lipinski definition) is 3. The number of allylic oxidation sites excluding steroid dienone is 1. The van der Waals surface area contributed by atoms with Crippen LogP contribution in [0.5, 0.6) is 11.5 Å². The van der Waals surface area contributed by atoms with E-state index in [1.54, 1.807) is 5.57 Å². The lowest BCUT2D eigenvalue weighted by molar-refractivity contribution is 0.269.